The number of nitrogens with one attached hydrogen (secondary N) is 1. The molecule has 1 spiro atoms. The second-order valence-electron chi connectivity index (χ2n) is 15.5. The fraction of sp³-hybridized carbons (Fsp3) is 0.537. The van der Waals surface area contributed by atoms with E-state index < -0.39 is 82.4 Å². The van der Waals surface area contributed by atoms with Gasteiger partial charge in [0.2, 0.25) is 0 Å². The molecule has 8 atom stereocenters. The molecule has 3 aliphatic rings. The largest absolute Gasteiger partial charge is 0.462 e. The molecule has 2 aliphatic carbocycles. The molecule has 3 fully saturated rings. The van der Waals surface area contributed by atoms with Crippen LogP contribution in [-0.2, 0) is 47.6 Å². The van der Waals surface area contributed by atoms with Crippen molar-refractivity contribution in [2.45, 2.75) is 109 Å². The van der Waals surface area contributed by atoms with Crippen molar-refractivity contribution in [3.05, 3.63) is 77.9 Å². The van der Waals surface area contributed by atoms with Crippen molar-refractivity contribution in [3.63, 3.8) is 0 Å². The minimum atomic E-state index is -1.80. The Labute approximate surface area is 310 Å². The molecule has 2 aromatic rings. The van der Waals surface area contributed by atoms with E-state index in [9.17, 15) is 24.0 Å². The van der Waals surface area contributed by atoms with Crippen molar-refractivity contribution in [3.8, 4) is 0 Å². The summed E-state index contributed by atoms with van der Waals surface area (Å²) in [5, 5.41) is 3.11. The van der Waals surface area contributed by atoms with Crippen LogP contribution in [-0.4, -0.2) is 84.2 Å². The Morgan fingerprint density at radius 2 is 1.47 bits per heavy atom. The molecule has 0 unspecified atom stereocenters. The number of carbonyl (C=O) groups excluding carboxylic acids is 5. The normalized spacial score (nSPS) is 31.3. The van der Waals surface area contributed by atoms with Crippen molar-refractivity contribution < 1.29 is 52.4 Å². The van der Waals surface area contributed by atoms with Crippen LogP contribution in [0.5, 0.6) is 0 Å². The third kappa shape index (κ3) is 7.62. The first-order chi connectivity index (χ1) is 24.9. The van der Waals surface area contributed by atoms with Gasteiger partial charge in [-0.2, -0.15) is 0 Å². The van der Waals surface area contributed by atoms with Crippen molar-refractivity contribution in [1.82, 2.24) is 5.32 Å². The lowest BCUT2D eigenvalue weighted by molar-refractivity contribution is -0.338. The number of esters is 5. The minimum Gasteiger partial charge on any atom is -0.462 e. The zero-order valence-electron chi connectivity index (χ0n) is 31.7. The first kappa shape index (κ1) is 39.7. The summed E-state index contributed by atoms with van der Waals surface area (Å²) in [6.07, 6.45) is -1.84. The highest BCUT2D eigenvalue weighted by molar-refractivity contribution is 5.90. The zero-order valence-corrected chi connectivity index (χ0v) is 31.7. The highest BCUT2D eigenvalue weighted by Gasteiger charge is 2.86. The van der Waals surface area contributed by atoms with Crippen LogP contribution >= 0.6 is 0 Å². The van der Waals surface area contributed by atoms with Crippen LogP contribution in [0.1, 0.15) is 84.2 Å². The topological polar surface area (TPSA) is 153 Å². The third-order valence-electron chi connectivity index (χ3n) is 10.8. The zero-order chi connectivity index (χ0) is 38.8. The second kappa shape index (κ2) is 15.4. The molecule has 0 aromatic heterocycles. The Bertz CT molecular complexity index is 1710. The van der Waals surface area contributed by atoms with Crippen molar-refractivity contribution in [2.75, 3.05) is 13.1 Å². The van der Waals surface area contributed by atoms with E-state index in [0.29, 0.717) is 6.54 Å². The third-order valence-corrected chi connectivity index (χ3v) is 10.8. The maximum atomic E-state index is 14.1. The number of hydrogen-bond acceptors (Lipinski definition) is 12. The van der Waals surface area contributed by atoms with E-state index in [1.165, 1.54) is 19.9 Å². The molecule has 2 bridgehead atoms. The summed E-state index contributed by atoms with van der Waals surface area (Å²) in [4.78, 5) is 67.4. The molecule has 1 heterocycles. The Hall–Kier alpha value is -4.55. The van der Waals surface area contributed by atoms with Crippen molar-refractivity contribution in [2.24, 2.45) is 17.3 Å². The number of rotatable bonds is 12. The van der Waals surface area contributed by atoms with E-state index in [1.54, 1.807) is 64.1 Å². The van der Waals surface area contributed by atoms with Gasteiger partial charge in [0.15, 0.2) is 11.7 Å². The summed E-state index contributed by atoms with van der Waals surface area (Å²) in [5.41, 5.74) is -5.28. The molecule has 0 amide bonds. The molecule has 1 aliphatic heterocycles. The Kier molecular flexibility index (Phi) is 11.5. The quantitative estimate of drug-likeness (QED) is 0.173. The summed E-state index contributed by atoms with van der Waals surface area (Å²) in [7, 11) is 0. The lowest BCUT2D eigenvalue weighted by Crippen LogP contribution is -2.82. The minimum absolute atomic E-state index is 0.112. The van der Waals surface area contributed by atoms with Crippen LogP contribution in [0.3, 0.4) is 0 Å². The van der Waals surface area contributed by atoms with Gasteiger partial charge in [0.05, 0.1) is 29.0 Å². The second-order valence-corrected chi connectivity index (χ2v) is 15.5. The molecule has 12 nitrogen and oxygen atoms in total. The van der Waals surface area contributed by atoms with Gasteiger partial charge >= 0.3 is 29.8 Å². The van der Waals surface area contributed by atoms with Crippen LogP contribution < -0.4 is 5.32 Å². The molecule has 2 saturated carbocycles. The van der Waals surface area contributed by atoms with Gasteiger partial charge in [-0.1, -0.05) is 62.4 Å². The first-order valence-corrected chi connectivity index (χ1v) is 18.1. The number of ether oxygens (including phenoxy) is 6. The highest BCUT2D eigenvalue weighted by Crippen LogP contribution is 2.70. The molecular formula is C41H51NO11. The van der Waals surface area contributed by atoms with E-state index in [0.717, 1.165) is 5.56 Å². The van der Waals surface area contributed by atoms with E-state index in [2.05, 4.69) is 5.32 Å². The van der Waals surface area contributed by atoms with E-state index >= 15 is 0 Å². The van der Waals surface area contributed by atoms with Crippen LogP contribution in [0.4, 0.5) is 0 Å². The van der Waals surface area contributed by atoms with Crippen molar-refractivity contribution >= 4 is 35.9 Å². The average Bonchev–Trinajstić information content (AvgIpc) is 3.29. The molecule has 286 valence electrons. The van der Waals surface area contributed by atoms with Gasteiger partial charge in [-0.25, -0.2) is 9.59 Å². The lowest BCUT2D eigenvalue weighted by atomic mass is 9.46. The summed E-state index contributed by atoms with van der Waals surface area (Å²) < 4.78 is 38.5. The SMILES string of the molecule is CC(=O)O[C@H]1CC[C@](C)(OC(=O)CNCC(C)C)[C@]23OC(C)(C)[C@H]([C@H](OC(=O)/C=C/c4ccccc4)[C@H](OC(=O)c4ccccc4)[C@]12C)[C@H]3OC(C)=O. The fourth-order valence-electron chi connectivity index (χ4n) is 8.75. The molecule has 5 rings (SSSR count). The van der Waals surface area contributed by atoms with E-state index in [1.807, 2.05) is 44.2 Å². The summed E-state index contributed by atoms with van der Waals surface area (Å²) in [5.74, 6) is -4.06. The van der Waals surface area contributed by atoms with E-state index in [-0.39, 0.29) is 30.9 Å². The predicted octanol–water partition coefficient (Wildman–Crippen LogP) is 5.23. The van der Waals surface area contributed by atoms with Gasteiger partial charge < -0.3 is 33.7 Å². The van der Waals surface area contributed by atoms with Gasteiger partial charge in [0.25, 0.3) is 0 Å². The molecule has 2 aromatic carbocycles. The van der Waals surface area contributed by atoms with Gasteiger partial charge in [-0.05, 0) is 76.8 Å². The monoisotopic (exact) mass is 733 g/mol. The summed E-state index contributed by atoms with van der Waals surface area (Å²) in [6.45, 7) is 13.9. The molecule has 12 heteroatoms. The van der Waals surface area contributed by atoms with Gasteiger partial charge in [-0.3, -0.25) is 14.4 Å². The lowest BCUT2D eigenvalue weighted by Gasteiger charge is -2.65. The standard InChI is InChI=1S/C41H51NO11/c1-25(2)23-42-24-32(46)52-39(7)22-21-30(48-26(3)43)40(8)36(51-37(47)29-17-13-10-14-18-29)34(50-31(45)20-19-28-15-11-9-12-16-28)33-35(49-27(4)44)41(39,40)53-38(33,5)6/h9-20,25,30,33-36,42H,21-24H2,1-8H3/b20-19+/t30-,33+,34-,35+,36-,39-,40-,41-/m0/s1. The summed E-state index contributed by atoms with van der Waals surface area (Å²) >= 11 is 0. The van der Waals surface area contributed by atoms with Gasteiger partial charge in [0.1, 0.15) is 23.9 Å². The molecule has 1 saturated heterocycles. The predicted molar refractivity (Wildman–Crippen MR) is 193 cm³/mol. The number of carbonyl (C=O) groups is 5. The fourth-order valence-corrected chi connectivity index (χ4v) is 8.75. The highest BCUT2D eigenvalue weighted by atomic mass is 16.7. The average molecular weight is 734 g/mol. The van der Waals surface area contributed by atoms with Crippen LogP contribution in [0.25, 0.3) is 6.08 Å². The Balaban J connectivity index is 1.72. The van der Waals surface area contributed by atoms with E-state index in [4.69, 9.17) is 28.4 Å². The van der Waals surface area contributed by atoms with Crippen LogP contribution in [0, 0.1) is 17.3 Å². The number of benzene rings is 2. The van der Waals surface area contributed by atoms with Gasteiger partial charge in [-0.15, -0.1) is 0 Å². The molecule has 1 N–H and O–H groups in total. The Morgan fingerprint density at radius 3 is 2.08 bits per heavy atom. The van der Waals surface area contributed by atoms with Crippen LogP contribution in [0.15, 0.2) is 66.7 Å². The molecule has 53 heavy (non-hydrogen) atoms. The smallest absolute Gasteiger partial charge is 0.338 e. The summed E-state index contributed by atoms with van der Waals surface area (Å²) in [6, 6.07) is 17.5. The maximum absolute atomic E-state index is 14.1. The maximum Gasteiger partial charge on any atom is 0.338 e. The first-order valence-electron chi connectivity index (χ1n) is 18.1. The Morgan fingerprint density at radius 1 is 0.849 bits per heavy atom. The number of hydrogen-bond donors (Lipinski definition) is 1. The number of fused-ring (bicyclic) bond motifs is 1. The molecular weight excluding hydrogens is 682 g/mol. The van der Waals surface area contributed by atoms with Gasteiger partial charge in [0, 0.05) is 19.9 Å². The van der Waals surface area contributed by atoms with Crippen LogP contribution in [0.2, 0.25) is 0 Å². The van der Waals surface area contributed by atoms with Crippen molar-refractivity contribution in [1.29, 1.82) is 0 Å². The molecule has 0 radical (unpaired) electrons.